The predicted octanol–water partition coefficient (Wildman–Crippen LogP) is 2.16. The largest absolute Gasteiger partial charge is 0.344 e. The van der Waals surface area contributed by atoms with Gasteiger partial charge in [0.05, 0.1) is 11.6 Å². The van der Waals surface area contributed by atoms with E-state index >= 15 is 0 Å². The average molecular weight is 244 g/mol. The van der Waals surface area contributed by atoms with E-state index in [9.17, 15) is 4.79 Å². The lowest BCUT2D eigenvalue weighted by molar-refractivity contribution is -0.155. The van der Waals surface area contributed by atoms with E-state index in [0.29, 0.717) is 12.6 Å². The Morgan fingerprint density at radius 2 is 2.17 bits per heavy atom. The molecule has 3 aliphatic rings. The summed E-state index contributed by atoms with van der Waals surface area (Å²) in [5.74, 6) is 0. The van der Waals surface area contributed by atoms with Gasteiger partial charge in [0.15, 0.2) is 0 Å². The minimum atomic E-state index is 0.0180. The Balaban J connectivity index is 1.51. The van der Waals surface area contributed by atoms with E-state index in [-0.39, 0.29) is 11.6 Å². The number of urea groups is 1. The van der Waals surface area contributed by atoms with E-state index in [2.05, 4.69) is 0 Å². The smallest absolute Gasteiger partial charge is 0.317 e. The van der Waals surface area contributed by atoms with Gasteiger partial charge in [0.2, 0.25) is 0 Å². The van der Waals surface area contributed by atoms with Crippen LogP contribution in [0.4, 0.5) is 4.79 Å². The summed E-state index contributed by atoms with van der Waals surface area (Å²) in [6.07, 6.45) is 3.29. The van der Waals surface area contributed by atoms with Crippen molar-refractivity contribution in [1.29, 1.82) is 0 Å². The molecule has 4 rings (SSSR count). The zero-order valence-electron chi connectivity index (χ0n) is 10.2. The van der Waals surface area contributed by atoms with E-state index in [1.807, 2.05) is 35.2 Å². The molecule has 1 aromatic carbocycles. The highest BCUT2D eigenvalue weighted by atomic mass is 16.7. The summed E-state index contributed by atoms with van der Waals surface area (Å²) >= 11 is 0. The Morgan fingerprint density at radius 3 is 2.94 bits per heavy atom. The van der Waals surface area contributed by atoms with Gasteiger partial charge in [-0.3, -0.25) is 4.84 Å². The molecule has 0 aromatic heterocycles. The second-order valence-electron chi connectivity index (χ2n) is 5.46. The summed E-state index contributed by atoms with van der Waals surface area (Å²) in [6, 6.07) is 10.5. The molecule has 0 radical (unpaired) electrons. The van der Waals surface area contributed by atoms with Crippen LogP contribution in [0.1, 0.15) is 24.8 Å². The molecule has 4 nitrogen and oxygen atoms in total. The molecule has 0 N–H and O–H groups in total. The Bertz CT molecular complexity index is 490. The van der Waals surface area contributed by atoms with Crippen molar-refractivity contribution in [3.63, 3.8) is 0 Å². The quantitative estimate of drug-likeness (QED) is 0.816. The molecule has 1 unspecified atom stereocenters. The third kappa shape index (κ3) is 1.27. The lowest BCUT2D eigenvalue weighted by Gasteiger charge is -2.24. The highest BCUT2D eigenvalue weighted by Crippen LogP contribution is 2.57. The fourth-order valence-corrected chi connectivity index (χ4v) is 3.41. The third-order valence-corrected chi connectivity index (χ3v) is 4.42. The second-order valence-corrected chi connectivity index (χ2v) is 5.46. The summed E-state index contributed by atoms with van der Waals surface area (Å²) in [4.78, 5) is 20.0. The number of hydrogen-bond donors (Lipinski definition) is 0. The van der Waals surface area contributed by atoms with Gasteiger partial charge in [0, 0.05) is 6.54 Å². The Kier molecular flexibility index (Phi) is 2.01. The number of nitrogens with zero attached hydrogens (tertiary/aromatic N) is 2. The van der Waals surface area contributed by atoms with Gasteiger partial charge in [-0.15, -0.1) is 0 Å². The Hall–Kier alpha value is -1.55. The molecule has 2 bridgehead atoms. The first-order valence-electron chi connectivity index (χ1n) is 6.59. The summed E-state index contributed by atoms with van der Waals surface area (Å²) in [7, 11) is 0. The Morgan fingerprint density at radius 1 is 1.33 bits per heavy atom. The van der Waals surface area contributed by atoms with E-state index in [0.717, 1.165) is 31.4 Å². The fraction of sp³-hybridized carbons (Fsp3) is 0.500. The van der Waals surface area contributed by atoms with Gasteiger partial charge >= 0.3 is 6.03 Å². The van der Waals surface area contributed by atoms with Crippen LogP contribution in [0.2, 0.25) is 0 Å². The van der Waals surface area contributed by atoms with Gasteiger partial charge < -0.3 is 4.90 Å². The van der Waals surface area contributed by atoms with Crippen LogP contribution in [0, 0.1) is 0 Å². The summed E-state index contributed by atoms with van der Waals surface area (Å²) in [6.45, 7) is 1.38. The Labute approximate surface area is 106 Å². The first-order chi connectivity index (χ1) is 8.81. The highest BCUT2D eigenvalue weighted by molar-refractivity contribution is 5.80. The van der Waals surface area contributed by atoms with Crippen LogP contribution in [0.3, 0.4) is 0 Å². The van der Waals surface area contributed by atoms with E-state index in [4.69, 9.17) is 4.84 Å². The van der Waals surface area contributed by atoms with Crippen molar-refractivity contribution in [3.8, 4) is 0 Å². The van der Waals surface area contributed by atoms with Crippen molar-refractivity contribution in [1.82, 2.24) is 9.96 Å². The molecule has 2 atom stereocenters. The number of carbonyl (C=O) groups excluding carboxylic acids is 1. The van der Waals surface area contributed by atoms with Gasteiger partial charge in [-0.1, -0.05) is 30.3 Å². The molecule has 2 saturated heterocycles. The van der Waals surface area contributed by atoms with Gasteiger partial charge in [0.1, 0.15) is 6.61 Å². The zero-order chi connectivity index (χ0) is 12.2. The standard InChI is InChI=1S/C14H16N2O2/c17-13-15-8-4-7-14(9-12(14)15)16(13)18-10-11-5-2-1-3-6-11/h1-3,5-6,12H,4,7-10H2/t12-,14?/m1/s1. The van der Waals surface area contributed by atoms with Crippen LogP contribution < -0.4 is 0 Å². The normalized spacial score (nSPS) is 32.7. The molecular weight excluding hydrogens is 228 g/mol. The van der Waals surface area contributed by atoms with Crippen LogP contribution in [0.25, 0.3) is 0 Å². The maximum atomic E-state index is 12.2. The zero-order valence-corrected chi connectivity index (χ0v) is 10.2. The molecule has 2 amide bonds. The van der Waals surface area contributed by atoms with Gasteiger partial charge in [0.25, 0.3) is 0 Å². The summed E-state index contributed by atoms with van der Waals surface area (Å²) in [5, 5.41) is 1.66. The number of amides is 2. The molecule has 3 fully saturated rings. The number of hydroxylamine groups is 2. The van der Waals surface area contributed by atoms with Gasteiger partial charge in [-0.25, -0.2) is 4.79 Å². The monoisotopic (exact) mass is 244 g/mol. The second kappa shape index (κ2) is 3.48. The molecule has 4 heteroatoms. The van der Waals surface area contributed by atoms with E-state index < -0.39 is 0 Å². The van der Waals surface area contributed by atoms with Crippen LogP contribution in [-0.4, -0.2) is 34.1 Å². The van der Waals surface area contributed by atoms with Gasteiger partial charge in [-0.2, -0.15) is 5.06 Å². The van der Waals surface area contributed by atoms with Crippen LogP contribution in [-0.2, 0) is 11.4 Å². The van der Waals surface area contributed by atoms with E-state index in [1.165, 1.54) is 0 Å². The minimum Gasteiger partial charge on any atom is -0.317 e. The molecule has 2 aliphatic heterocycles. The molecule has 94 valence electrons. The average Bonchev–Trinajstić information content (AvgIpc) is 3.12. The van der Waals surface area contributed by atoms with Crippen molar-refractivity contribution < 1.29 is 9.63 Å². The van der Waals surface area contributed by atoms with Crippen LogP contribution in [0.5, 0.6) is 0 Å². The van der Waals surface area contributed by atoms with Crippen LogP contribution in [0.15, 0.2) is 30.3 Å². The van der Waals surface area contributed by atoms with Crippen LogP contribution >= 0.6 is 0 Å². The fourth-order valence-electron chi connectivity index (χ4n) is 3.41. The highest BCUT2D eigenvalue weighted by Gasteiger charge is 2.71. The molecular formula is C14H16N2O2. The lowest BCUT2D eigenvalue weighted by atomic mass is 10.1. The maximum absolute atomic E-state index is 12.2. The lowest BCUT2D eigenvalue weighted by Crippen LogP contribution is -2.38. The SMILES string of the molecule is O=C1N2CCCC3(C[C@@H]23)N1OCc1ccccc1. The van der Waals surface area contributed by atoms with Crippen molar-refractivity contribution in [2.75, 3.05) is 6.54 Å². The van der Waals surface area contributed by atoms with E-state index in [1.54, 1.807) is 5.06 Å². The number of benzene rings is 1. The van der Waals surface area contributed by atoms with Crippen molar-refractivity contribution in [2.24, 2.45) is 0 Å². The first kappa shape index (κ1) is 10.4. The van der Waals surface area contributed by atoms with Crippen molar-refractivity contribution >= 4 is 6.03 Å². The van der Waals surface area contributed by atoms with Crippen molar-refractivity contribution in [3.05, 3.63) is 35.9 Å². The summed E-state index contributed by atoms with van der Waals surface area (Å²) < 4.78 is 0. The number of rotatable bonds is 3. The number of hydrogen-bond acceptors (Lipinski definition) is 2. The third-order valence-electron chi connectivity index (χ3n) is 4.42. The predicted molar refractivity (Wildman–Crippen MR) is 65.5 cm³/mol. The van der Waals surface area contributed by atoms with Crippen molar-refractivity contribution in [2.45, 2.75) is 37.5 Å². The molecule has 2 heterocycles. The topological polar surface area (TPSA) is 32.8 Å². The maximum Gasteiger partial charge on any atom is 0.344 e. The molecule has 18 heavy (non-hydrogen) atoms. The minimum absolute atomic E-state index is 0.0180. The summed E-state index contributed by atoms with van der Waals surface area (Å²) in [5.41, 5.74) is 1.12. The molecule has 1 aromatic rings. The molecule has 0 spiro atoms. The molecule has 1 saturated carbocycles. The first-order valence-corrected chi connectivity index (χ1v) is 6.59. The number of piperidine rings is 1. The number of carbonyl (C=O) groups is 1. The molecule has 1 aliphatic carbocycles. The van der Waals surface area contributed by atoms with Gasteiger partial charge in [-0.05, 0) is 24.8 Å².